The van der Waals surface area contributed by atoms with E-state index in [0.29, 0.717) is 18.9 Å². The third kappa shape index (κ3) is 4.91. The highest BCUT2D eigenvalue weighted by molar-refractivity contribution is 6.18. The molecule has 0 radical (unpaired) electrons. The van der Waals surface area contributed by atoms with Crippen molar-refractivity contribution in [3.05, 3.63) is 29.6 Å². The molecule has 1 aliphatic heterocycles. The van der Waals surface area contributed by atoms with E-state index in [9.17, 15) is 4.39 Å². The first-order chi connectivity index (χ1) is 10.00. The van der Waals surface area contributed by atoms with E-state index in [2.05, 4.69) is 25.7 Å². The lowest BCUT2D eigenvalue weighted by atomic mass is 10.1. The van der Waals surface area contributed by atoms with Crippen LogP contribution < -0.4 is 4.74 Å². The second-order valence-corrected chi connectivity index (χ2v) is 6.11. The molecule has 1 aromatic carbocycles. The molecule has 2 rings (SSSR count). The van der Waals surface area contributed by atoms with Gasteiger partial charge in [-0.05, 0) is 44.9 Å². The van der Waals surface area contributed by atoms with Gasteiger partial charge in [-0.25, -0.2) is 4.39 Å². The number of hydrogen-bond donors (Lipinski definition) is 0. The molecule has 1 aliphatic rings. The zero-order valence-corrected chi connectivity index (χ0v) is 13.2. The van der Waals surface area contributed by atoms with Crippen LogP contribution in [0.15, 0.2) is 18.2 Å². The lowest BCUT2D eigenvalue weighted by Crippen LogP contribution is -2.24. The lowest BCUT2D eigenvalue weighted by Gasteiger charge is -2.19. The Kier molecular flexibility index (Phi) is 5.50. The van der Waals surface area contributed by atoms with E-state index in [-0.39, 0.29) is 23.3 Å². The van der Waals surface area contributed by atoms with Gasteiger partial charge in [0, 0.05) is 17.9 Å². The molecule has 21 heavy (non-hydrogen) atoms. The topological polar surface area (TPSA) is 18.5 Å². The third-order valence-electron chi connectivity index (χ3n) is 3.36. The molecule has 4 heteroatoms. The van der Waals surface area contributed by atoms with Crippen molar-refractivity contribution in [2.45, 2.75) is 44.8 Å². The first kappa shape index (κ1) is 16.1. The minimum atomic E-state index is -0.379. The Morgan fingerprint density at radius 1 is 1.48 bits per heavy atom. The smallest absolute Gasteiger partial charge is 0.165 e. The van der Waals surface area contributed by atoms with Gasteiger partial charge < -0.3 is 9.47 Å². The van der Waals surface area contributed by atoms with E-state index >= 15 is 0 Å². The van der Waals surface area contributed by atoms with Gasteiger partial charge in [0.15, 0.2) is 11.6 Å². The fraction of sp³-hybridized carbons (Fsp3) is 0.529. The lowest BCUT2D eigenvalue weighted by molar-refractivity contribution is -0.0330. The first-order valence-corrected chi connectivity index (χ1v) is 7.69. The van der Waals surface area contributed by atoms with Crippen LogP contribution in [0.2, 0.25) is 0 Å². The summed E-state index contributed by atoms with van der Waals surface area (Å²) in [5.41, 5.74) is 0.616. The van der Waals surface area contributed by atoms with Gasteiger partial charge in [-0.1, -0.05) is 11.8 Å². The van der Waals surface area contributed by atoms with Gasteiger partial charge in [0.2, 0.25) is 0 Å². The van der Waals surface area contributed by atoms with Crippen molar-refractivity contribution in [2.75, 3.05) is 12.5 Å². The summed E-state index contributed by atoms with van der Waals surface area (Å²) in [5, 5.41) is 0. The van der Waals surface area contributed by atoms with Crippen LogP contribution in [0.1, 0.15) is 38.7 Å². The summed E-state index contributed by atoms with van der Waals surface area (Å²) in [6.45, 7) is 4.47. The van der Waals surface area contributed by atoms with Crippen molar-refractivity contribution >= 4 is 11.6 Å². The van der Waals surface area contributed by atoms with E-state index < -0.39 is 0 Å². The third-order valence-corrected chi connectivity index (χ3v) is 3.55. The Hall–Kier alpha value is -1.24. The van der Waals surface area contributed by atoms with Gasteiger partial charge in [-0.3, -0.25) is 0 Å². The van der Waals surface area contributed by atoms with Gasteiger partial charge in [0.1, 0.15) is 6.61 Å². The average molecular weight is 311 g/mol. The largest absolute Gasteiger partial charge is 0.488 e. The molecule has 1 unspecified atom stereocenters. The Bertz CT molecular complexity index is 545. The molecule has 0 saturated carbocycles. The van der Waals surface area contributed by atoms with Gasteiger partial charge in [0.05, 0.1) is 11.7 Å². The van der Waals surface area contributed by atoms with Crippen LogP contribution in [0.25, 0.3) is 0 Å². The minimum Gasteiger partial charge on any atom is -0.488 e. The highest BCUT2D eigenvalue weighted by Gasteiger charge is 2.32. The van der Waals surface area contributed by atoms with Crippen LogP contribution in [0, 0.1) is 17.7 Å². The predicted octanol–water partition coefficient (Wildman–Crippen LogP) is 4.14. The van der Waals surface area contributed by atoms with Gasteiger partial charge >= 0.3 is 0 Å². The number of hydrogen-bond acceptors (Lipinski definition) is 2. The van der Waals surface area contributed by atoms with Crippen molar-refractivity contribution in [1.29, 1.82) is 0 Å². The van der Waals surface area contributed by atoms with Crippen molar-refractivity contribution < 1.29 is 13.9 Å². The summed E-state index contributed by atoms with van der Waals surface area (Å²) in [6, 6.07) is 4.63. The van der Waals surface area contributed by atoms with Crippen LogP contribution >= 0.6 is 11.6 Å². The number of ether oxygens (including phenoxy) is 2. The van der Waals surface area contributed by atoms with E-state index in [1.165, 1.54) is 6.07 Å². The van der Waals surface area contributed by atoms with Gasteiger partial charge in [-0.2, -0.15) is 0 Å². The van der Waals surface area contributed by atoms with E-state index in [4.69, 9.17) is 21.1 Å². The summed E-state index contributed by atoms with van der Waals surface area (Å²) >= 11 is 5.57. The van der Waals surface area contributed by atoms with Gasteiger partial charge in [0.25, 0.3) is 0 Å². The molecule has 1 atom stereocenters. The highest BCUT2D eigenvalue weighted by atomic mass is 35.5. The zero-order chi connectivity index (χ0) is 15.3. The normalized spacial score (nSPS) is 19.9. The maximum atomic E-state index is 13.7. The minimum absolute atomic E-state index is 0.0189. The fourth-order valence-electron chi connectivity index (χ4n) is 2.28. The fourth-order valence-corrected chi connectivity index (χ4v) is 2.38. The molecule has 114 valence electrons. The molecular weight excluding hydrogens is 291 g/mol. The molecule has 0 bridgehead atoms. The predicted molar refractivity (Wildman–Crippen MR) is 82.3 cm³/mol. The molecule has 1 fully saturated rings. The van der Waals surface area contributed by atoms with Crippen molar-refractivity contribution in [1.82, 2.24) is 0 Å². The van der Waals surface area contributed by atoms with Crippen molar-refractivity contribution in [3.8, 4) is 17.6 Å². The summed E-state index contributed by atoms with van der Waals surface area (Å²) < 4.78 is 25.1. The molecular formula is C17H20ClFO2. The molecule has 1 aromatic rings. The molecule has 0 amide bonds. The monoisotopic (exact) mass is 310 g/mol. The van der Waals surface area contributed by atoms with E-state index in [1.807, 2.05) is 0 Å². The van der Waals surface area contributed by atoms with Crippen LogP contribution in [-0.4, -0.2) is 24.2 Å². The van der Waals surface area contributed by atoms with Crippen molar-refractivity contribution in [3.63, 3.8) is 0 Å². The average Bonchev–Trinajstić information content (AvgIpc) is 2.79. The molecule has 0 N–H and O–H groups in total. The number of halogens is 2. The second kappa shape index (κ2) is 7.15. The maximum Gasteiger partial charge on any atom is 0.165 e. The standard InChI is InChI=1S/C17H20ClFO2/c1-17(2)9-8-14(21-17)12-20-16-11-13(5-3-4-10-18)6-7-15(16)19/h6-7,11,14H,4,8-10,12H2,1-2H3. The quantitative estimate of drug-likeness (QED) is 0.614. The maximum absolute atomic E-state index is 13.7. The van der Waals surface area contributed by atoms with Crippen LogP contribution in [0.5, 0.6) is 5.75 Å². The number of alkyl halides is 1. The molecule has 1 heterocycles. The summed E-state index contributed by atoms with van der Waals surface area (Å²) in [5.74, 6) is 6.20. The molecule has 0 spiro atoms. The Labute approximate surface area is 130 Å². The highest BCUT2D eigenvalue weighted by Crippen LogP contribution is 2.30. The summed E-state index contributed by atoms with van der Waals surface area (Å²) in [6.07, 6.45) is 2.56. The summed E-state index contributed by atoms with van der Waals surface area (Å²) in [4.78, 5) is 0. The Morgan fingerprint density at radius 3 is 2.95 bits per heavy atom. The van der Waals surface area contributed by atoms with E-state index in [1.54, 1.807) is 12.1 Å². The Balaban J connectivity index is 1.96. The van der Waals surface area contributed by atoms with Crippen molar-refractivity contribution in [2.24, 2.45) is 0 Å². The van der Waals surface area contributed by atoms with Crippen LogP contribution in [0.4, 0.5) is 4.39 Å². The summed E-state index contributed by atoms with van der Waals surface area (Å²) in [7, 11) is 0. The zero-order valence-electron chi connectivity index (χ0n) is 12.4. The SMILES string of the molecule is CC1(C)CCC(COc2cc(C#CCCCl)ccc2F)O1. The Morgan fingerprint density at radius 2 is 2.29 bits per heavy atom. The molecule has 2 nitrogen and oxygen atoms in total. The number of rotatable bonds is 4. The molecule has 1 saturated heterocycles. The second-order valence-electron chi connectivity index (χ2n) is 5.74. The molecule has 0 aromatic heterocycles. The number of benzene rings is 1. The van der Waals surface area contributed by atoms with Crippen LogP contribution in [0.3, 0.4) is 0 Å². The first-order valence-electron chi connectivity index (χ1n) is 7.15. The molecule has 0 aliphatic carbocycles. The van der Waals surface area contributed by atoms with Gasteiger partial charge in [-0.15, -0.1) is 11.6 Å². The van der Waals surface area contributed by atoms with Crippen LogP contribution in [-0.2, 0) is 4.74 Å². The van der Waals surface area contributed by atoms with E-state index in [0.717, 1.165) is 18.4 Å².